The summed E-state index contributed by atoms with van der Waals surface area (Å²) in [6, 6.07) is 9.28. The summed E-state index contributed by atoms with van der Waals surface area (Å²) in [7, 11) is 0. The molecule has 1 aliphatic rings. The Bertz CT molecular complexity index is 1200. The lowest BCUT2D eigenvalue weighted by atomic mass is 9.79. The Morgan fingerprint density at radius 2 is 1.65 bits per heavy atom. The number of rotatable bonds is 3. The van der Waals surface area contributed by atoms with Crippen LogP contribution in [-0.4, -0.2) is 21.8 Å². The van der Waals surface area contributed by atoms with Crippen molar-refractivity contribution >= 4 is 5.84 Å². The summed E-state index contributed by atoms with van der Waals surface area (Å²) >= 11 is 0. The highest BCUT2D eigenvalue weighted by Gasteiger charge is 2.46. The maximum atomic E-state index is 13.5. The number of amidine groups is 1. The zero-order valence-corrected chi connectivity index (χ0v) is 16.0. The number of aromatic amines is 1. The molecule has 0 amide bonds. The van der Waals surface area contributed by atoms with E-state index in [4.69, 9.17) is 0 Å². The maximum Gasteiger partial charge on any atom is 0.433 e. The van der Waals surface area contributed by atoms with E-state index in [0.717, 1.165) is 18.3 Å². The monoisotopic (exact) mass is 434 g/mol. The highest BCUT2D eigenvalue weighted by atomic mass is 19.4. The van der Waals surface area contributed by atoms with Crippen LogP contribution >= 0.6 is 0 Å². The fraction of sp³-hybridized carbons (Fsp3) is 0.190. The molecule has 10 heteroatoms. The first-order valence-corrected chi connectivity index (χ1v) is 9.16. The van der Waals surface area contributed by atoms with Crippen LogP contribution in [0.2, 0.25) is 0 Å². The van der Waals surface area contributed by atoms with Crippen molar-refractivity contribution < 1.29 is 22.0 Å². The summed E-state index contributed by atoms with van der Waals surface area (Å²) in [4.78, 5) is 22.3. The molecule has 3 aromatic rings. The van der Waals surface area contributed by atoms with Crippen molar-refractivity contribution in [1.82, 2.24) is 15.3 Å². The van der Waals surface area contributed by atoms with Gasteiger partial charge in [0.1, 0.15) is 22.9 Å². The fourth-order valence-electron chi connectivity index (χ4n) is 3.63. The molecule has 1 aliphatic heterocycles. The third-order valence-corrected chi connectivity index (χ3v) is 5.16. The van der Waals surface area contributed by atoms with E-state index in [-0.39, 0.29) is 11.5 Å². The Hall–Kier alpha value is -3.56. The molecule has 0 unspecified atom stereocenters. The van der Waals surface area contributed by atoms with Crippen molar-refractivity contribution in [3.05, 3.63) is 99.2 Å². The van der Waals surface area contributed by atoms with Gasteiger partial charge in [0.15, 0.2) is 5.82 Å². The molecule has 0 spiro atoms. The molecule has 3 heterocycles. The van der Waals surface area contributed by atoms with Gasteiger partial charge in [-0.3, -0.25) is 9.78 Å². The van der Waals surface area contributed by atoms with Crippen molar-refractivity contribution in [1.29, 1.82) is 0 Å². The number of alkyl halides is 3. The van der Waals surface area contributed by atoms with Crippen LogP contribution < -0.4 is 10.9 Å². The van der Waals surface area contributed by atoms with Crippen LogP contribution in [-0.2, 0) is 11.7 Å². The predicted octanol–water partition coefficient (Wildman–Crippen LogP) is 3.75. The Labute approximate surface area is 172 Å². The van der Waals surface area contributed by atoms with Crippen LogP contribution in [0.4, 0.5) is 22.0 Å². The molecular formula is C21H15F5N4O. The zero-order valence-electron chi connectivity index (χ0n) is 16.0. The molecule has 0 bridgehead atoms. The summed E-state index contributed by atoms with van der Waals surface area (Å²) in [5.74, 6) is -1.25. The molecule has 0 radical (unpaired) electrons. The van der Waals surface area contributed by atoms with Crippen LogP contribution in [0, 0.1) is 11.6 Å². The minimum Gasteiger partial charge on any atom is -0.363 e. The Kier molecular flexibility index (Phi) is 4.87. The number of aliphatic imine (C=N–C) groups is 1. The highest BCUT2D eigenvalue weighted by Crippen LogP contribution is 2.41. The lowest BCUT2D eigenvalue weighted by molar-refractivity contribution is -0.141. The summed E-state index contributed by atoms with van der Waals surface area (Å²) in [6.07, 6.45) is -3.53. The standard InChI is InChI=1S/C21H15F5N4O/c1-11-20(12-2-5-14(22)6-3-12,13-4-9-17(27-10-13)21(24,25)26)30-18(28-11)16-8-7-15(23)19(31)29-16/h2-11H,1H3,(H,28,30)(H,29,31)/t11-,20-/m0/s1. The zero-order chi connectivity index (χ0) is 22.4. The van der Waals surface area contributed by atoms with E-state index >= 15 is 0 Å². The van der Waals surface area contributed by atoms with Crippen molar-refractivity contribution in [3.8, 4) is 0 Å². The van der Waals surface area contributed by atoms with E-state index in [1.165, 1.54) is 36.4 Å². The highest BCUT2D eigenvalue weighted by molar-refractivity contribution is 5.99. The number of H-pyrrole nitrogens is 1. The number of aromatic nitrogens is 2. The second kappa shape index (κ2) is 7.29. The van der Waals surface area contributed by atoms with E-state index < -0.39 is 40.6 Å². The Morgan fingerprint density at radius 3 is 2.23 bits per heavy atom. The number of nitrogens with zero attached hydrogens (tertiary/aromatic N) is 2. The quantitative estimate of drug-likeness (QED) is 0.617. The number of halogens is 5. The van der Waals surface area contributed by atoms with Crippen molar-refractivity contribution in [2.75, 3.05) is 0 Å². The summed E-state index contributed by atoms with van der Waals surface area (Å²) < 4.78 is 65.9. The van der Waals surface area contributed by atoms with Crippen molar-refractivity contribution in [3.63, 3.8) is 0 Å². The van der Waals surface area contributed by atoms with Gasteiger partial charge in [0.05, 0.1) is 11.7 Å². The van der Waals surface area contributed by atoms with E-state index in [9.17, 15) is 26.7 Å². The molecule has 160 valence electrons. The molecule has 1 aromatic carbocycles. The molecular weight excluding hydrogens is 419 g/mol. The number of benzene rings is 1. The maximum absolute atomic E-state index is 13.5. The van der Waals surface area contributed by atoms with E-state index in [2.05, 4.69) is 20.3 Å². The van der Waals surface area contributed by atoms with Gasteiger partial charge in [-0.15, -0.1) is 0 Å². The molecule has 2 aromatic heterocycles. The topological polar surface area (TPSA) is 70.1 Å². The molecule has 31 heavy (non-hydrogen) atoms. The summed E-state index contributed by atoms with van der Waals surface area (Å²) in [5.41, 5.74) is -2.25. The number of pyridine rings is 2. The molecule has 0 aliphatic carbocycles. The van der Waals surface area contributed by atoms with Gasteiger partial charge in [0.2, 0.25) is 0 Å². The second-order valence-corrected chi connectivity index (χ2v) is 7.08. The first-order chi connectivity index (χ1) is 14.6. The van der Waals surface area contributed by atoms with Gasteiger partial charge >= 0.3 is 6.18 Å². The summed E-state index contributed by atoms with van der Waals surface area (Å²) in [5, 5.41) is 3.08. The van der Waals surface area contributed by atoms with Crippen LogP contribution in [0.15, 0.2) is 64.5 Å². The van der Waals surface area contributed by atoms with E-state index in [1.807, 2.05) is 0 Å². The van der Waals surface area contributed by atoms with Gasteiger partial charge in [-0.25, -0.2) is 13.8 Å². The molecule has 0 saturated heterocycles. The van der Waals surface area contributed by atoms with Crippen LogP contribution in [0.1, 0.15) is 29.4 Å². The summed E-state index contributed by atoms with van der Waals surface area (Å²) in [6.45, 7) is 1.74. The Morgan fingerprint density at radius 1 is 0.968 bits per heavy atom. The van der Waals surface area contributed by atoms with Gasteiger partial charge in [0, 0.05) is 11.8 Å². The van der Waals surface area contributed by atoms with E-state index in [0.29, 0.717) is 11.1 Å². The Balaban J connectivity index is 1.90. The van der Waals surface area contributed by atoms with E-state index in [1.54, 1.807) is 6.92 Å². The van der Waals surface area contributed by atoms with Gasteiger partial charge < -0.3 is 10.3 Å². The fourth-order valence-corrected chi connectivity index (χ4v) is 3.63. The predicted molar refractivity (Wildman–Crippen MR) is 103 cm³/mol. The first-order valence-electron chi connectivity index (χ1n) is 9.16. The first kappa shape index (κ1) is 20.7. The minimum atomic E-state index is -4.61. The third kappa shape index (κ3) is 3.58. The van der Waals surface area contributed by atoms with Gasteiger partial charge in [0.25, 0.3) is 5.56 Å². The van der Waals surface area contributed by atoms with Crippen LogP contribution in [0.25, 0.3) is 0 Å². The molecule has 0 fully saturated rings. The van der Waals surface area contributed by atoms with Gasteiger partial charge in [-0.1, -0.05) is 18.2 Å². The smallest absolute Gasteiger partial charge is 0.363 e. The average molecular weight is 434 g/mol. The SMILES string of the molecule is C[C@@H]1NC(c2ccc(F)c(=O)[nH]2)=N[C@@]1(c1ccc(F)cc1)c1ccc(C(F)(F)F)nc1. The molecule has 0 saturated carbocycles. The lowest BCUT2D eigenvalue weighted by Crippen LogP contribution is -2.41. The minimum absolute atomic E-state index is 0.196. The van der Waals surface area contributed by atoms with Gasteiger partial charge in [-0.05, 0) is 42.8 Å². The molecule has 4 rings (SSSR count). The number of hydrogen-bond donors (Lipinski definition) is 2. The average Bonchev–Trinajstić information content (AvgIpc) is 3.08. The normalized spacial score (nSPS) is 21.0. The number of hydrogen-bond acceptors (Lipinski definition) is 4. The molecule has 5 nitrogen and oxygen atoms in total. The van der Waals surface area contributed by atoms with Crippen molar-refractivity contribution in [2.24, 2.45) is 4.99 Å². The largest absolute Gasteiger partial charge is 0.433 e. The number of nitrogens with one attached hydrogen (secondary N) is 2. The molecule has 2 N–H and O–H groups in total. The third-order valence-electron chi connectivity index (χ3n) is 5.16. The van der Waals surface area contributed by atoms with Crippen molar-refractivity contribution in [2.45, 2.75) is 24.7 Å². The van der Waals surface area contributed by atoms with Crippen LogP contribution in [0.5, 0.6) is 0 Å². The van der Waals surface area contributed by atoms with Gasteiger partial charge in [-0.2, -0.15) is 13.2 Å². The lowest BCUT2D eigenvalue weighted by Gasteiger charge is -2.31. The second-order valence-electron chi connectivity index (χ2n) is 7.08. The molecule has 2 atom stereocenters. The van der Waals surface area contributed by atoms with Crippen LogP contribution in [0.3, 0.4) is 0 Å².